The smallest absolute Gasteiger partial charge is 0.307 e. The number of allylic oxidation sites excluding steroid dienone is 2. The minimum atomic E-state index is -0.925. The molecule has 2 aliphatic carbocycles. The number of hydrogen-bond donors (Lipinski definition) is 2. The molecule has 1 saturated carbocycles. The van der Waals surface area contributed by atoms with E-state index in [0.717, 1.165) is 6.42 Å². The van der Waals surface area contributed by atoms with E-state index >= 15 is 0 Å². The lowest BCUT2D eigenvalue weighted by molar-refractivity contribution is -0.146. The molecule has 7 heteroatoms. The van der Waals surface area contributed by atoms with E-state index in [0.29, 0.717) is 11.4 Å². The number of hydrogen-bond acceptors (Lipinski definition) is 5. The van der Waals surface area contributed by atoms with Crippen LogP contribution in [0.15, 0.2) is 12.2 Å². The van der Waals surface area contributed by atoms with Crippen LogP contribution in [0.5, 0.6) is 0 Å². The molecule has 1 heterocycles. The lowest BCUT2D eigenvalue weighted by Crippen LogP contribution is -2.36. The van der Waals surface area contributed by atoms with Gasteiger partial charge in [0.15, 0.2) is 0 Å². The zero-order chi connectivity index (χ0) is 15.1. The number of aliphatic carboxylic acids is 1. The van der Waals surface area contributed by atoms with Crippen LogP contribution in [0.3, 0.4) is 0 Å². The standard InChI is InChI=1S/C14H16N4O3/c1-6-7(2)17-18-14(15-6)16-12(19)10-8-3-4-9(5-8)11(10)13(20)21/h3-4,8-11H,5H2,1-2H3,(H,20,21)(H,15,16,18,19)/t8?,9?,10-,11+/m0/s1. The maximum atomic E-state index is 12.4. The van der Waals surface area contributed by atoms with Gasteiger partial charge in [-0.25, -0.2) is 4.98 Å². The van der Waals surface area contributed by atoms with E-state index < -0.39 is 17.8 Å². The molecule has 0 radical (unpaired) electrons. The van der Waals surface area contributed by atoms with Gasteiger partial charge in [-0.3, -0.25) is 14.9 Å². The molecule has 1 aromatic rings. The van der Waals surface area contributed by atoms with E-state index in [4.69, 9.17) is 0 Å². The summed E-state index contributed by atoms with van der Waals surface area (Å²) in [6.45, 7) is 3.56. The van der Waals surface area contributed by atoms with Gasteiger partial charge in [0.1, 0.15) is 0 Å². The van der Waals surface area contributed by atoms with Crippen LogP contribution in [0.2, 0.25) is 0 Å². The number of aromatic nitrogens is 3. The number of nitrogens with one attached hydrogen (secondary N) is 1. The Balaban J connectivity index is 1.80. The summed E-state index contributed by atoms with van der Waals surface area (Å²) in [6, 6.07) is 0. The third-order valence-electron chi connectivity index (χ3n) is 4.37. The molecule has 0 saturated heterocycles. The van der Waals surface area contributed by atoms with Crippen LogP contribution < -0.4 is 5.32 Å². The predicted molar refractivity (Wildman–Crippen MR) is 73.3 cm³/mol. The number of carboxylic acid groups (broad SMARTS) is 1. The number of rotatable bonds is 3. The minimum absolute atomic E-state index is 0.0180. The summed E-state index contributed by atoms with van der Waals surface area (Å²) in [5.74, 6) is -2.45. The lowest BCUT2D eigenvalue weighted by atomic mass is 9.82. The van der Waals surface area contributed by atoms with Crippen LogP contribution in [0.4, 0.5) is 5.95 Å². The van der Waals surface area contributed by atoms with Gasteiger partial charge in [0, 0.05) is 0 Å². The van der Waals surface area contributed by atoms with E-state index in [1.54, 1.807) is 13.8 Å². The molecule has 1 amide bonds. The molecule has 2 unspecified atom stereocenters. The first-order valence-corrected chi connectivity index (χ1v) is 6.87. The van der Waals surface area contributed by atoms with Crippen molar-refractivity contribution < 1.29 is 14.7 Å². The SMILES string of the molecule is Cc1nnc(NC(=O)[C@H]2C3C=CC(C3)[C@H]2C(=O)O)nc1C. The van der Waals surface area contributed by atoms with Crippen molar-refractivity contribution in [1.29, 1.82) is 0 Å². The molecular formula is C14H16N4O3. The van der Waals surface area contributed by atoms with Crippen molar-refractivity contribution in [2.75, 3.05) is 5.32 Å². The van der Waals surface area contributed by atoms with Crippen LogP contribution in [0.1, 0.15) is 17.8 Å². The van der Waals surface area contributed by atoms with Gasteiger partial charge in [-0.15, -0.1) is 5.10 Å². The number of nitrogens with zero attached hydrogens (tertiary/aromatic N) is 3. The monoisotopic (exact) mass is 288 g/mol. The Labute approximate surface area is 121 Å². The first kappa shape index (κ1) is 13.7. The van der Waals surface area contributed by atoms with Gasteiger partial charge >= 0.3 is 5.97 Å². The van der Waals surface area contributed by atoms with Gasteiger partial charge in [-0.05, 0) is 32.1 Å². The Kier molecular flexibility index (Phi) is 3.19. The van der Waals surface area contributed by atoms with Crippen molar-refractivity contribution in [3.63, 3.8) is 0 Å². The first-order chi connectivity index (χ1) is 9.97. The van der Waals surface area contributed by atoms with E-state index in [1.165, 1.54) is 0 Å². The zero-order valence-electron chi connectivity index (χ0n) is 11.8. The molecule has 0 aliphatic heterocycles. The van der Waals surface area contributed by atoms with E-state index in [9.17, 15) is 14.7 Å². The summed E-state index contributed by atoms with van der Waals surface area (Å²) >= 11 is 0. The van der Waals surface area contributed by atoms with Crippen molar-refractivity contribution in [2.45, 2.75) is 20.3 Å². The average molecular weight is 288 g/mol. The molecule has 1 fully saturated rings. The van der Waals surface area contributed by atoms with Gasteiger partial charge < -0.3 is 5.11 Å². The van der Waals surface area contributed by atoms with Crippen LogP contribution in [-0.2, 0) is 9.59 Å². The van der Waals surface area contributed by atoms with Gasteiger partial charge in [0.05, 0.1) is 23.2 Å². The molecule has 1 aromatic heterocycles. The number of fused-ring (bicyclic) bond motifs is 2. The Morgan fingerprint density at radius 3 is 2.43 bits per heavy atom. The van der Waals surface area contributed by atoms with Crippen molar-refractivity contribution >= 4 is 17.8 Å². The normalized spacial score (nSPS) is 29.6. The van der Waals surface area contributed by atoms with E-state index in [-0.39, 0.29) is 23.7 Å². The van der Waals surface area contributed by atoms with Crippen LogP contribution >= 0.6 is 0 Å². The molecule has 0 aromatic carbocycles. The van der Waals surface area contributed by atoms with Gasteiger partial charge in [0.25, 0.3) is 0 Å². The Hall–Kier alpha value is -2.31. The maximum absolute atomic E-state index is 12.4. The fraction of sp³-hybridized carbons (Fsp3) is 0.500. The molecule has 2 N–H and O–H groups in total. The van der Waals surface area contributed by atoms with Crippen LogP contribution in [-0.4, -0.2) is 32.2 Å². The molecule has 110 valence electrons. The Bertz CT molecular complexity index is 643. The summed E-state index contributed by atoms with van der Waals surface area (Å²) in [4.78, 5) is 27.9. The number of aryl methyl sites for hydroxylation is 2. The zero-order valence-corrected chi connectivity index (χ0v) is 11.8. The van der Waals surface area contributed by atoms with E-state index in [1.807, 2.05) is 12.2 Å². The third-order valence-corrected chi connectivity index (χ3v) is 4.37. The van der Waals surface area contributed by atoms with Crippen molar-refractivity contribution in [3.8, 4) is 0 Å². The van der Waals surface area contributed by atoms with Crippen LogP contribution in [0.25, 0.3) is 0 Å². The summed E-state index contributed by atoms with van der Waals surface area (Å²) in [5, 5.41) is 19.7. The third kappa shape index (κ3) is 2.28. The highest BCUT2D eigenvalue weighted by atomic mass is 16.4. The van der Waals surface area contributed by atoms with Crippen LogP contribution in [0, 0.1) is 37.5 Å². The molecule has 7 nitrogen and oxygen atoms in total. The van der Waals surface area contributed by atoms with Crippen molar-refractivity contribution in [2.24, 2.45) is 23.7 Å². The molecule has 21 heavy (non-hydrogen) atoms. The molecule has 3 rings (SSSR count). The highest BCUT2D eigenvalue weighted by Crippen LogP contribution is 2.48. The number of carboxylic acids is 1. The molecule has 0 spiro atoms. The highest BCUT2D eigenvalue weighted by molar-refractivity contribution is 5.95. The highest BCUT2D eigenvalue weighted by Gasteiger charge is 2.51. The first-order valence-electron chi connectivity index (χ1n) is 6.87. The molecule has 2 bridgehead atoms. The van der Waals surface area contributed by atoms with Gasteiger partial charge in [-0.1, -0.05) is 12.2 Å². The summed E-state index contributed by atoms with van der Waals surface area (Å²) in [7, 11) is 0. The Morgan fingerprint density at radius 2 is 1.81 bits per heavy atom. The second-order valence-electron chi connectivity index (χ2n) is 5.63. The quantitative estimate of drug-likeness (QED) is 0.802. The van der Waals surface area contributed by atoms with Crippen molar-refractivity contribution in [3.05, 3.63) is 23.5 Å². The van der Waals surface area contributed by atoms with Gasteiger partial charge in [-0.2, -0.15) is 5.10 Å². The van der Waals surface area contributed by atoms with Crippen molar-refractivity contribution in [1.82, 2.24) is 15.2 Å². The molecule has 2 aliphatic rings. The van der Waals surface area contributed by atoms with E-state index in [2.05, 4.69) is 20.5 Å². The number of amides is 1. The van der Waals surface area contributed by atoms with Gasteiger partial charge in [0.2, 0.25) is 11.9 Å². The fourth-order valence-electron chi connectivity index (χ4n) is 3.22. The number of carbonyl (C=O) groups is 2. The predicted octanol–water partition coefficient (Wildman–Crippen LogP) is 0.950. The second kappa shape index (κ2) is 4.91. The Morgan fingerprint density at radius 1 is 1.14 bits per heavy atom. The lowest BCUT2D eigenvalue weighted by Gasteiger charge is -2.23. The summed E-state index contributed by atoms with van der Waals surface area (Å²) in [5.41, 5.74) is 1.38. The summed E-state index contributed by atoms with van der Waals surface area (Å²) in [6.07, 6.45) is 4.57. The summed E-state index contributed by atoms with van der Waals surface area (Å²) < 4.78 is 0. The number of anilines is 1. The second-order valence-corrected chi connectivity index (χ2v) is 5.63. The molecule has 4 atom stereocenters. The topological polar surface area (TPSA) is 105 Å². The average Bonchev–Trinajstić information content (AvgIpc) is 3.03. The largest absolute Gasteiger partial charge is 0.481 e. The number of carbonyl (C=O) groups excluding carboxylic acids is 1. The minimum Gasteiger partial charge on any atom is -0.481 e. The fourth-order valence-corrected chi connectivity index (χ4v) is 3.22. The maximum Gasteiger partial charge on any atom is 0.307 e. The molecular weight excluding hydrogens is 272 g/mol.